The van der Waals surface area contributed by atoms with E-state index in [0.717, 1.165) is 0 Å². The number of pyridine rings is 1. The third kappa shape index (κ3) is 2.03. The van der Waals surface area contributed by atoms with Crippen LogP contribution in [0.1, 0.15) is 16.2 Å². The Balaban J connectivity index is 3.23. The Bertz CT molecular complexity index is 354. The lowest BCUT2D eigenvalue weighted by atomic mass is 10.3. The highest BCUT2D eigenvalue weighted by atomic mass is 79.9. The molecule has 0 atom stereocenters. The van der Waals surface area contributed by atoms with Gasteiger partial charge in [0.2, 0.25) is 0 Å². The molecule has 70 valence electrons. The number of methoxy groups -OCH3 is 1. The second-order valence-electron chi connectivity index (χ2n) is 2.38. The van der Waals surface area contributed by atoms with E-state index in [1.165, 1.54) is 13.2 Å². The van der Waals surface area contributed by atoms with Crippen molar-refractivity contribution in [1.29, 1.82) is 0 Å². The third-order valence-corrected chi connectivity index (χ3v) is 2.29. The van der Waals surface area contributed by atoms with Gasteiger partial charge in [-0.1, -0.05) is 0 Å². The van der Waals surface area contributed by atoms with Gasteiger partial charge in [0.15, 0.2) is 11.5 Å². The molecule has 0 spiro atoms. The lowest BCUT2D eigenvalue weighted by molar-refractivity contribution is 0.0588. The average Bonchev–Trinajstić information content (AvgIpc) is 2.10. The minimum atomic E-state index is -0.770. The predicted molar refractivity (Wildman–Crippen MR) is 48.0 cm³/mol. The molecule has 1 aromatic rings. The Morgan fingerprint density at radius 3 is 2.85 bits per heavy atom. The van der Waals surface area contributed by atoms with Gasteiger partial charge < -0.3 is 4.74 Å². The summed E-state index contributed by atoms with van der Waals surface area (Å²) in [5.74, 6) is -1.46. The topological polar surface area (TPSA) is 39.2 Å². The number of carbonyl (C=O) groups excluding carboxylic acids is 1. The van der Waals surface area contributed by atoms with Gasteiger partial charge in [-0.3, -0.25) is 0 Å². The molecular weight excluding hydrogens is 241 g/mol. The first kappa shape index (κ1) is 10.1. The maximum Gasteiger partial charge on any atom is 0.359 e. The molecule has 0 N–H and O–H groups in total. The smallest absolute Gasteiger partial charge is 0.359 e. The van der Waals surface area contributed by atoms with Gasteiger partial charge in [-0.15, -0.1) is 0 Å². The molecular formula is C8H7BrFNO2. The lowest BCUT2D eigenvalue weighted by Crippen LogP contribution is -2.08. The summed E-state index contributed by atoms with van der Waals surface area (Å²) in [4.78, 5) is 14.7. The van der Waals surface area contributed by atoms with Crippen molar-refractivity contribution >= 4 is 21.9 Å². The van der Waals surface area contributed by atoms with Crippen LogP contribution in [0.25, 0.3) is 0 Å². The van der Waals surface area contributed by atoms with Crippen molar-refractivity contribution in [2.24, 2.45) is 0 Å². The van der Waals surface area contributed by atoms with Crippen LogP contribution < -0.4 is 0 Å². The van der Waals surface area contributed by atoms with Crippen molar-refractivity contribution in [3.63, 3.8) is 0 Å². The van der Waals surface area contributed by atoms with Crippen LogP contribution in [-0.4, -0.2) is 18.1 Å². The number of hydrogen-bond donors (Lipinski definition) is 0. The second-order valence-corrected chi connectivity index (χ2v) is 3.23. The molecule has 0 amide bonds. The van der Waals surface area contributed by atoms with Crippen LogP contribution in [0, 0.1) is 12.7 Å². The molecule has 0 saturated carbocycles. The van der Waals surface area contributed by atoms with Crippen molar-refractivity contribution in [3.05, 3.63) is 27.7 Å². The summed E-state index contributed by atoms with van der Waals surface area (Å²) in [5, 5.41) is 0. The SMILES string of the molecule is COC(=O)c1nc(C)c(Br)cc1F. The lowest BCUT2D eigenvalue weighted by Gasteiger charge is -2.02. The fourth-order valence-corrected chi connectivity index (χ4v) is 1.09. The van der Waals surface area contributed by atoms with Crippen molar-refractivity contribution in [2.45, 2.75) is 6.92 Å². The number of rotatable bonds is 1. The van der Waals surface area contributed by atoms with E-state index in [0.29, 0.717) is 10.2 Å². The van der Waals surface area contributed by atoms with Crippen molar-refractivity contribution in [3.8, 4) is 0 Å². The molecule has 0 unspecified atom stereocenters. The maximum atomic E-state index is 13.1. The van der Waals surface area contributed by atoms with Crippen LogP contribution in [0.15, 0.2) is 10.5 Å². The van der Waals surface area contributed by atoms with E-state index in [9.17, 15) is 9.18 Å². The van der Waals surface area contributed by atoms with E-state index in [1.54, 1.807) is 6.92 Å². The van der Waals surface area contributed by atoms with Gasteiger partial charge in [-0.2, -0.15) is 0 Å². The van der Waals surface area contributed by atoms with Gasteiger partial charge in [0.25, 0.3) is 0 Å². The Morgan fingerprint density at radius 2 is 2.31 bits per heavy atom. The van der Waals surface area contributed by atoms with Gasteiger partial charge in [-0.05, 0) is 28.9 Å². The Morgan fingerprint density at radius 1 is 1.69 bits per heavy atom. The fraction of sp³-hybridized carbons (Fsp3) is 0.250. The second kappa shape index (κ2) is 3.83. The molecule has 1 heterocycles. The highest BCUT2D eigenvalue weighted by Crippen LogP contribution is 2.17. The van der Waals surface area contributed by atoms with Gasteiger partial charge >= 0.3 is 5.97 Å². The zero-order valence-electron chi connectivity index (χ0n) is 7.10. The molecule has 0 aliphatic heterocycles. The first-order valence-electron chi connectivity index (χ1n) is 3.47. The number of aryl methyl sites for hydroxylation is 1. The molecule has 0 aromatic carbocycles. The quantitative estimate of drug-likeness (QED) is 0.714. The highest BCUT2D eigenvalue weighted by molar-refractivity contribution is 9.10. The van der Waals surface area contributed by atoms with Crippen LogP contribution in [0.2, 0.25) is 0 Å². The molecule has 0 bridgehead atoms. The summed E-state index contributed by atoms with van der Waals surface area (Å²) in [6, 6.07) is 1.19. The monoisotopic (exact) mass is 247 g/mol. The average molecular weight is 248 g/mol. The summed E-state index contributed by atoms with van der Waals surface area (Å²) in [7, 11) is 1.18. The molecule has 0 fully saturated rings. The summed E-state index contributed by atoms with van der Waals surface area (Å²) in [6.45, 7) is 1.66. The summed E-state index contributed by atoms with van der Waals surface area (Å²) in [6.07, 6.45) is 0. The van der Waals surface area contributed by atoms with E-state index in [2.05, 4.69) is 25.7 Å². The highest BCUT2D eigenvalue weighted by Gasteiger charge is 2.15. The van der Waals surface area contributed by atoms with Crippen molar-refractivity contribution in [1.82, 2.24) is 4.98 Å². The number of nitrogens with zero attached hydrogens (tertiary/aromatic N) is 1. The van der Waals surface area contributed by atoms with E-state index >= 15 is 0 Å². The molecule has 13 heavy (non-hydrogen) atoms. The minimum Gasteiger partial charge on any atom is -0.464 e. The molecule has 0 saturated heterocycles. The molecule has 5 heteroatoms. The van der Waals surface area contributed by atoms with E-state index < -0.39 is 11.8 Å². The number of aromatic nitrogens is 1. The molecule has 0 aliphatic rings. The summed E-state index contributed by atoms with van der Waals surface area (Å²) < 4.78 is 18.0. The molecule has 0 radical (unpaired) electrons. The van der Waals surface area contributed by atoms with Crippen LogP contribution >= 0.6 is 15.9 Å². The predicted octanol–water partition coefficient (Wildman–Crippen LogP) is 2.08. The number of hydrogen-bond acceptors (Lipinski definition) is 3. The first-order valence-corrected chi connectivity index (χ1v) is 4.26. The molecule has 1 aromatic heterocycles. The third-order valence-electron chi connectivity index (χ3n) is 1.48. The molecule has 0 aliphatic carbocycles. The number of esters is 1. The Hall–Kier alpha value is -0.970. The summed E-state index contributed by atoms with van der Waals surface area (Å²) in [5.41, 5.74) is 0.255. The summed E-state index contributed by atoms with van der Waals surface area (Å²) >= 11 is 3.10. The molecule has 3 nitrogen and oxygen atoms in total. The zero-order chi connectivity index (χ0) is 10.0. The van der Waals surface area contributed by atoms with Crippen molar-refractivity contribution in [2.75, 3.05) is 7.11 Å². The molecule has 1 rings (SSSR count). The first-order chi connectivity index (χ1) is 6.06. The largest absolute Gasteiger partial charge is 0.464 e. The van der Waals surface area contributed by atoms with E-state index in [-0.39, 0.29) is 5.69 Å². The van der Waals surface area contributed by atoms with Gasteiger partial charge in [0.05, 0.1) is 12.8 Å². The standard InChI is InChI=1S/C8H7BrFNO2/c1-4-5(9)3-6(10)7(11-4)8(12)13-2/h3H,1-2H3. The van der Waals surface area contributed by atoms with E-state index in [4.69, 9.17) is 0 Å². The maximum absolute atomic E-state index is 13.1. The van der Waals surface area contributed by atoms with Crippen LogP contribution in [0.5, 0.6) is 0 Å². The minimum absolute atomic E-state index is 0.289. The zero-order valence-corrected chi connectivity index (χ0v) is 8.68. The van der Waals surface area contributed by atoms with Gasteiger partial charge in [0.1, 0.15) is 0 Å². The number of ether oxygens (including phenoxy) is 1. The van der Waals surface area contributed by atoms with E-state index in [1.807, 2.05) is 0 Å². The van der Waals surface area contributed by atoms with Crippen LogP contribution in [0.3, 0.4) is 0 Å². The Labute approximate surface area is 83.1 Å². The Kier molecular flexibility index (Phi) is 2.98. The number of carbonyl (C=O) groups is 1. The van der Waals surface area contributed by atoms with Crippen LogP contribution in [0.4, 0.5) is 4.39 Å². The normalized spacial score (nSPS) is 9.85. The van der Waals surface area contributed by atoms with Gasteiger partial charge in [0, 0.05) is 4.47 Å². The fourth-order valence-electron chi connectivity index (χ4n) is 0.798. The number of halogens is 2. The van der Waals surface area contributed by atoms with Crippen LogP contribution in [-0.2, 0) is 4.74 Å². The van der Waals surface area contributed by atoms with Gasteiger partial charge in [-0.25, -0.2) is 14.2 Å². The van der Waals surface area contributed by atoms with Crippen molar-refractivity contribution < 1.29 is 13.9 Å².